The Balaban J connectivity index is 2.46. The summed E-state index contributed by atoms with van der Waals surface area (Å²) in [4.78, 5) is 13.4. The average Bonchev–Trinajstić information content (AvgIpc) is 2.60. The lowest BCUT2D eigenvalue weighted by Crippen LogP contribution is -2.36. The first-order valence-corrected chi connectivity index (χ1v) is 5.32. The Kier molecular flexibility index (Phi) is 4.09. The van der Waals surface area contributed by atoms with Crippen LogP contribution in [0.25, 0.3) is 0 Å². The smallest absolute Gasteiger partial charge is 0.134 e. The Morgan fingerprint density at radius 2 is 2.43 bits per heavy atom. The highest BCUT2D eigenvalue weighted by Gasteiger charge is 2.27. The summed E-state index contributed by atoms with van der Waals surface area (Å²) in [6.07, 6.45) is 2.39. The molecule has 0 bridgehead atoms. The van der Waals surface area contributed by atoms with E-state index >= 15 is 0 Å². The van der Waals surface area contributed by atoms with E-state index in [1.54, 1.807) is 0 Å². The zero-order valence-corrected chi connectivity index (χ0v) is 8.99. The maximum atomic E-state index is 11.1. The number of carbonyl (C=O) groups excluding carboxylic acids is 1. The molecule has 1 aliphatic carbocycles. The monoisotopic (exact) mass is 194 g/mol. The van der Waals surface area contributed by atoms with Gasteiger partial charge in [0.1, 0.15) is 5.78 Å². The van der Waals surface area contributed by atoms with E-state index in [0.717, 1.165) is 25.9 Å². The number of rotatable bonds is 4. The molecular weight excluding hydrogens is 176 g/mol. The number of nitrogens with zero attached hydrogens (tertiary/aromatic N) is 2. The Morgan fingerprint density at radius 1 is 1.71 bits per heavy atom. The van der Waals surface area contributed by atoms with Crippen molar-refractivity contribution < 1.29 is 4.79 Å². The first-order chi connectivity index (χ1) is 6.67. The molecule has 3 heteroatoms. The van der Waals surface area contributed by atoms with Crippen molar-refractivity contribution in [2.24, 2.45) is 5.92 Å². The molecule has 0 aliphatic heterocycles. The fourth-order valence-corrected chi connectivity index (χ4v) is 2.04. The third kappa shape index (κ3) is 2.81. The fourth-order valence-electron chi connectivity index (χ4n) is 2.04. The van der Waals surface area contributed by atoms with Gasteiger partial charge in [0.2, 0.25) is 0 Å². The molecule has 78 valence electrons. The van der Waals surface area contributed by atoms with Crippen LogP contribution in [0.15, 0.2) is 0 Å². The molecule has 0 spiro atoms. The Hall–Kier alpha value is -0.880. The van der Waals surface area contributed by atoms with Gasteiger partial charge in [0.15, 0.2) is 0 Å². The molecule has 0 aromatic rings. The van der Waals surface area contributed by atoms with Crippen molar-refractivity contribution in [3.05, 3.63) is 0 Å². The number of Topliss-reactive ketones (excluding diaryl/α,β-unsaturated/α-hetero) is 1. The van der Waals surface area contributed by atoms with E-state index in [2.05, 4.69) is 17.9 Å². The average molecular weight is 194 g/mol. The van der Waals surface area contributed by atoms with E-state index in [4.69, 9.17) is 5.26 Å². The van der Waals surface area contributed by atoms with Crippen LogP contribution in [0.3, 0.4) is 0 Å². The molecule has 0 aromatic heterocycles. The number of carbonyl (C=O) groups is 1. The summed E-state index contributed by atoms with van der Waals surface area (Å²) < 4.78 is 0. The Morgan fingerprint density at radius 3 is 2.86 bits per heavy atom. The van der Waals surface area contributed by atoms with Crippen LogP contribution in [0.1, 0.15) is 33.1 Å². The molecule has 0 radical (unpaired) electrons. The SMILES string of the molecule is CCN(CC(C)C#N)C1CCC(=O)C1. The maximum Gasteiger partial charge on any atom is 0.134 e. The first kappa shape index (κ1) is 11.2. The van der Waals surface area contributed by atoms with Gasteiger partial charge in [-0.2, -0.15) is 5.26 Å². The van der Waals surface area contributed by atoms with E-state index in [-0.39, 0.29) is 5.92 Å². The minimum atomic E-state index is 0.0608. The quantitative estimate of drug-likeness (QED) is 0.682. The van der Waals surface area contributed by atoms with Crippen LogP contribution in [-0.4, -0.2) is 29.8 Å². The fraction of sp³-hybridized carbons (Fsp3) is 0.818. The number of ketones is 1. The van der Waals surface area contributed by atoms with Crippen molar-refractivity contribution in [3.63, 3.8) is 0 Å². The molecule has 1 saturated carbocycles. The second-order valence-electron chi connectivity index (χ2n) is 4.05. The topological polar surface area (TPSA) is 44.1 Å². The van der Waals surface area contributed by atoms with Crippen LogP contribution in [0, 0.1) is 17.2 Å². The van der Waals surface area contributed by atoms with Crippen LogP contribution in [0.5, 0.6) is 0 Å². The summed E-state index contributed by atoms with van der Waals surface area (Å²) in [6, 6.07) is 2.63. The maximum absolute atomic E-state index is 11.1. The van der Waals surface area contributed by atoms with Gasteiger partial charge in [-0.15, -0.1) is 0 Å². The van der Waals surface area contributed by atoms with Crippen molar-refractivity contribution in [1.29, 1.82) is 5.26 Å². The molecule has 3 nitrogen and oxygen atoms in total. The van der Waals surface area contributed by atoms with Crippen molar-refractivity contribution in [2.45, 2.75) is 39.2 Å². The van der Waals surface area contributed by atoms with Crippen LogP contribution in [0.2, 0.25) is 0 Å². The molecule has 0 aromatic carbocycles. The Labute approximate surface area is 85.7 Å². The number of hydrogen-bond donors (Lipinski definition) is 0. The van der Waals surface area contributed by atoms with Crippen LogP contribution < -0.4 is 0 Å². The summed E-state index contributed by atoms with van der Waals surface area (Å²) in [7, 11) is 0. The van der Waals surface area contributed by atoms with E-state index in [9.17, 15) is 4.79 Å². The van der Waals surface area contributed by atoms with Crippen LogP contribution >= 0.6 is 0 Å². The largest absolute Gasteiger partial charge is 0.300 e. The van der Waals surface area contributed by atoms with E-state index in [1.165, 1.54) is 0 Å². The van der Waals surface area contributed by atoms with Crippen LogP contribution in [0.4, 0.5) is 0 Å². The van der Waals surface area contributed by atoms with Gasteiger partial charge in [-0.3, -0.25) is 9.69 Å². The molecule has 0 saturated heterocycles. The standard InChI is InChI=1S/C11H18N2O/c1-3-13(8-9(2)7-12)10-4-5-11(14)6-10/h9-10H,3-6,8H2,1-2H3. The lowest BCUT2D eigenvalue weighted by molar-refractivity contribution is -0.117. The molecule has 1 aliphatic rings. The lowest BCUT2D eigenvalue weighted by atomic mass is 10.1. The molecular formula is C11H18N2O. The summed E-state index contributed by atoms with van der Waals surface area (Å²) in [6.45, 7) is 5.75. The van der Waals surface area contributed by atoms with Gasteiger partial charge in [0, 0.05) is 25.4 Å². The van der Waals surface area contributed by atoms with Gasteiger partial charge in [0.05, 0.1) is 12.0 Å². The second-order valence-corrected chi connectivity index (χ2v) is 4.05. The highest BCUT2D eigenvalue weighted by molar-refractivity contribution is 5.81. The van der Waals surface area contributed by atoms with Crippen molar-refractivity contribution in [3.8, 4) is 6.07 Å². The van der Waals surface area contributed by atoms with Crippen LogP contribution in [-0.2, 0) is 4.79 Å². The minimum absolute atomic E-state index is 0.0608. The van der Waals surface area contributed by atoms with Gasteiger partial charge in [-0.25, -0.2) is 0 Å². The molecule has 2 unspecified atom stereocenters. The third-order valence-electron chi connectivity index (χ3n) is 2.87. The summed E-state index contributed by atoms with van der Waals surface area (Å²) in [5, 5.41) is 8.73. The third-order valence-corrected chi connectivity index (χ3v) is 2.87. The predicted molar refractivity (Wildman–Crippen MR) is 54.7 cm³/mol. The van der Waals surface area contributed by atoms with E-state index in [1.807, 2.05) is 6.92 Å². The van der Waals surface area contributed by atoms with Crippen molar-refractivity contribution in [1.82, 2.24) is 4.90 Å². The second kappa shape index (κ2) is 5.11. The van der Waals surface area contributed by atoms with E-state index < -0.39 is 0 Å². The van der Waals surface area contributed by atoms with Gasteiger partial charge in [-0.1, -0.05) is 6.92 Å². The molecule has 14 heavy (non-hydrogen) atoms. The number of nitriles is 1. The molecule has 1 rings (SSSR count). The molecule has 0 amide bonds. The van der Waals surface area contributed by atoms with Gasteiger partial charge in [-0.05, 0) is 19.9 Å². The molecule has 0 heterocycles. The summed E-state index contributed by atoms with van der Waals surface area (Å²) in [5.41, 5.74) is 0. The van der Waals surface area contributed by atoms with E-state index in [0.29, 0.717) is 18.2 Å². The molecule has 2 atom stereocenters. The summed E-state index contributed by atoms with van der Waals surface area (Å²) in [5.74, 6) is 0.434. The number of hydrogen-bond acceptors (Lipinski definition) is 3. The van der Waals surface area contributed by atoms with Gasteiger partial charge >= 0.3 is 0 Å². The highest BCUT2D eigenvalue weighted by atomic mass is 16.1. The van der Waals surface area contributed by atoms with Crippen molar-refractivity contribution >= 4 is 5.78 Å². The highest BCUT2D eigenvalue weighted by Crippen LogP contribution is 2.21. The zero-order chi connectivity index (χ0) is 10.6. The predicted octanol–water partition coefficient (Wildman–Crippen LogP) is 1.59. The zero-order valence-electron chi connectivity index (χ0n) is 8.99. The Bertz CT molecular complexity index is 244. The van der Waals surface area contributed by atoms with Gasteiger partial charge < -0.3 is 0 Å². The molecule has 0 N–H and O–H groups in total. The minimum Gasteiger partial charge on any atom is -0.300 e. The lowest BCUT2D eigenvalue weighted by Gasteiger charge is -2.27. The van der Waals surface area contributed by atoms with Gasteiger partial charge in [0.25, 0.3) is 0 Å². The normalized spacial score (nSPS) is 23.9. The first-order valence-electron chi connectivity index (χ1n) is 5.32. The molecule has 1 fully saturated rings. The van der Waals surface area contributed by atoms with Crippen molar-refractivity contribution in [2.75, 3.05) is 13.1 Å². The summed E-state index contributed by atoms with van der Waals surface area (Å²) >= 11 is 0.